The second-order valence-corrected chi connectivity index (χ2v) is 7.39. The molecule has 1 saturated carbocycles. The van der Waals surface area contributed by atoms with Crippen molar-refractivity contribution in [2.24, 2.45) is 0 Å². The summed E-state index contributed by atoms with van der Waals surface area (Å²) in [5.74, 6) is 0.642. The van der Waals surface area contributed by atoms with Crippen LogP contribution in [0.2, 0.25) is 0 Å². The highest BCUT2D eigenvalue weighted by atomic mass is 16.6. The normalized spacial score (nSPS) is 19.2. The molecule has 0 unspecified atom stereocenters. The lowest BCUT2D eigenvalue weighted by molar-refractivity contribution is 0.0860. The Balaban J connectivity index is 1.48. The minimum Gasteiger partial charge on any atom is -0.450 e. The molecule has 1 aromatic carbocycles. The molecule has 2 amide bonds. The standard InChI is InChI=1S/C21H30N2O3/c1-2-26-21(25)23-14-12-19(13-15-23)22-20(24)18-10-8-17(9-11-18)16-6-4-3-5-7-16/h8-11,16,19H,2-7,12-15H2,1H3,(H,22,24). The second-order valence-electron chi connectivity index (χ2n) is 7.39. The number of rotatable bonds is 4. The number of carbonyl (C=O) groups is 2. The first kappa shape index (κ1) is 18.7. The Morgan fingerprint density at radius 1 is 1.04 bits per heavy atom. The van der Waals surface area contributed by atoms with Gasteiger partial charge in [-0.2, -0.15) is 0 Å². The molecule has 2 aliphatic rings. The van der Waals surface area contributed by atoms with E-state index in [0.717, 1.165) is 18.4 Å². The Kier molecular flexibility index (Phi) is 6.53. The van der Waals surface area contributed by atoms with Gasteiger partial charge in [0.15, 0.2) is 0 Å². The molecule has 0 spiro atoms. The topological polar surface area (TPSA) is 58.6 Å². The fraction of sp³-hybridized carbons (Fsp3) is 0.619. The maximum absolute atomic E-state index is 12.5. The minimum atomic E-state index is -0.254. The van der Waals surface area contributed by atoms with Crippen LogP contribution < -0.4 is 5.32 Å². The smallest absolute Gasteiger partial charge is 0.409 e. The third kappa shape index (κ3) is 4.77. The second kappa shape index (κ2) is 9.06. The summed E-state index contributed by atoms with van der Waals surface area (Å²) in [5, 5.41) is 3.11. The number of nitrogens with zero attached hydrogens (tertiary/aromatic N) is 1. The maximum atomic E-state index is 12.5. The van der Waals surface area contributed by atoms with Gasteiger partial charge in [-0.15, -0.1) is 0 Å². The molecule has 26 heavy (non-hydrogen) atoms. The van der Waals surface area contributed by atoms with Gasteiger partial charge in [0.1, 0.15) is 0 Å². The molecule has 0 bridgehead atoms. The van der Waals surface area contributed by atoms with E-state index < -0.39 is 0 Å². The van der Waals surface area contributed by atoms with E-state index in [0.29, 0.717) is 25.6 Å². The Labute approximate surface area is 156 Å². The lowest BCUT2D eigenvalue weighted by atomic mass is 9.84. The van der Waals surface area contributed by atoms with Crippen LogP contribution in [0.5, 0.6) is 0 Å². The van der Waals surface area contributed by atoms with Crippen molar-refractivity contribution in [2.45, 2.75) is 63.8 Å². The Morgan fingerprint density at radius 3 is 2.31 bits per heavy atom. The molecule has 1 heterocycles. The van der Waals surface area contributed by atoms with E-state index in [4.69, 9.17) is 4.74 Å². The molecule has 1 aliphatic carbocycles. The van der Waals surface area contributed by atoms with Gasteiger partial charge in [0, 0.05) is 24.7 Å². The zero-order valence-corrected chi connectivity index (χ0v) is 15.7. The third-order valence-corrected chi connectivity index (χ3v) is 5.61. The fourth-order valence-electron chi connectivity index (χ4n) is 4.03. The molecular weight excluding hydrogens is 328 g/mol. The van der Waals surface area contributed by atoms with Gasteiger partial charge in [-0.1, -0.05) is 31.4 Å². The van der Waals surface area contributed by atoms with Gasteiger partial charge in [-0.05, 0) is 56.2 Å². The average Bonchev–Trinajstić information content (AvgIpc) is 2.69. The molecule has 3 rings (SSSR count). The van der Waals surface area contributed by atoms with Crippen molar-refractivity contribution in [1.29, 1.82) is 0 Å². The summed E-state index contributed by atoms with van der Waals surface area (Å²) in [5.41, 5.74) is 2.08. The van der Waals surface area contributed by atoms with E-state index in [1.165, 1.54) is 37.7 Å². The van der Waals surface area contributed by atoms with Crippen molar-refractivity contribution < 1.29 is 14.3 Å². The van der Waals surface area contributed by atoms with E-state index >= 15 is 0 Å². The first-order chi connectivity index (χ1) is 12.7. The van der Waals surface area contributed by atoms with Crippen molar-refractivity contribution in [3.8, 4) is 0 Å². The number of ether oxygens (including phenoxy) is 1. The number of carbonyl (C=O) groups excluding carboxylic acids is 2. The van der Waals surface area contributed by atoms with Crippen molar-refractivity contribution in [1.82, 2.24) is 10.2 Å². The SMILES string of the molecule is CCOC(=O)N1CCC(NC(=O)c2ccc(C3CCCCC3)cc2)CC1. The molecule has 0 atom stereocenters. The van der Waals surface area contributed by atoms with Crippen molar-refractivity contribution in [3.63, 3.8) is 0 Å². The van der Waals surface area contributed by atoms with Crippen LogP contribution in [0.15, 0.2) is 24.3 Å². The number of amides is 2. The summed E-state index contributed by atoms with van der Waals surface area (Å²) in [7, 11) is 0. The van der Waals surface area contributed by atoms with Crippen LogP contribution in [-0.4, -0.2) is 42.6 Å². The van der Waals surface area contributed by atoms with Gasteiger partial charge >= 0.3 is 6.09 Å². The minimum absolute atomic E-state index is 0.0187. The van der Waals surface area contributed by atoms with E-state index in [1.807, 2.05) is 19.1 Å². The summed E-state index contributed by atoms with van der Waals surface area (Å²) >= 11 is 0. The highest BCUT2D eigenvalue weighted by molar-refractivity contribution is 5.94. The molecule has 1 N–H and O–H groups in total. The van der Waals surface area contributed by atoms with Crippen LogP contribution in [0.1, 0.15) is 73.7 Å². The number of nitrogens with one attached hydrogen (secondary N) is 1. The van der Waals surface area contributed by atoms with Crippen LogP contribution in [-0.2, 0) is 4.74 Å². The molecule has 1 saturated heterocycles. The largest absolute Gasteiger partial charge is 0.450 e. The number of piperidine rings is 1. The number of hydrogen-bond acceptors (Lipinski definition) is 3. The summed E-state index contributed by atoms with van der Waals surface area (Å²) in [6.07, 6.45) is 7.81. The number of likely N-dealkylation sites (tertiary alicyclic amines) is 1. The van der Waals surface area contributed by atoms with Gasteiger partial charge in [0.2, 0.25) is 0 Å². The van der Waals surface area contributed by atoms with Crippen LogP contribution >= 0.6 is 0 Å². The van der Waals surface area contributed by atoms with Gasteiger partial charge in [-0.25, -0.2) is 4.79 Å². The van der Waals surface area contributed by atoms with E-state index in [1.54, 1.807) is 4.90 Å². The molecular formula is C21H30N2O3. The van der Waals surface area contributed by atoms with Crippen molar-refractivity contribution >= 4 is 12.0 Å². The predicted octanol–water partition coefficient (Wildman–Crippen LogP) is 4.09. The summed E-state index contributed by atoms with van der Waals surface area (Å²) < 4.78 is 5.03. The van der Waals surface area contributed by atoms with E-state index in [9.17, 15) is 9.59 Å². The van der Waals surface area contributed by atoms with Gasteiger partial charge < -0.3 is 15.0 Å². The maximum Gasteiger partial charge on any atom is 0.409 e. The Bertz CT molecular complexity index is 600. The quantitative estimate of drug-likeness (QED) is 0.882. The zero-order valence-electron chi connectivity index (χ0n) is 15.7. The fourth-order valence-corrected chi connectivity index (χ4v) is 4.03. The number of hydrogen-bond donors (Lipinski definition) is 1. The summed E-state index contributed by atoms with van der Waals surface area (Å²) in [4.78, 5) is 25.9. The predicted molar refractivity (Wildman–Crippen MR) is 101 cm³/mol. The van der Waals surface area contributed by atoms with Crippen LogP contribution in [0.4, 0.5) is 4.79 Å². The monoisotopic (exact) mass is 358 g/mol. The highest BCUT2D eigenvalue weighted by Gasteiger charge is 2.25. The van der Waals surface area contributed by atoms with Gasteiger partial charge in [0.05, 0.1) is 6.61 Å². The lowest BCUT2D eigenvalue weighted by Gasteiger charge is -2.31. The Hall–Kier alpha value is -2.04. The lowest BCUT2D eigenvalue weighted by Crippen LogP contribution is -2.46. The van der Waals surface area contributed by atoms with Crippen LogP contribution in [0, 0.1) is 0 Å². The molecule has 2 fully saturated rings. The van der Waals surface area contributed by atoms with E-state index in [-0.39, 0.29) is 18.0 Å². The van der Waals surface area contributed by atoms with Crippen molar-refractivity contribution in [3.05, 3.63) is 35.4 Å². The molecule has 5 heteroatoms. The summed E-state index contributed by atoms with van der Waals surface area (Å²) in [6, 6.07) is 8.26. The third-order valence-electron chi connectivity index (χ3n) is 5.61. The van der Waals surface area contributed by atoms with Crippen LogP contribution in [0.25, 0.3) is 0 Å². The Morgan fingerprint density at radius 2 is 1.69 bits per heavy atom. The molecule has 0 radical (unpaired) electrons. The molecule has 5 nitrogen and oxygen atoms in total. The first-order valence-electron chi connectivity index (χ1n) is 10.00. The summed E-state index contributed by atoms with van der Waals surface area (Å²) in [6.45, 7) is 3.46. The first-order valence-corrected chi connectivity index (χ1v) is 10.00. The molecule has 1 aromatic rings. The van der Waals surface area contributed by atoms with Gasteiger partial charge in [-0.3, -0.25) is 4.79 Å². The van der Waals surface area contributed by atoms with Crippen molar-refractivity contribution in [2.75, 3.05) is 19.7 Å². The molecule has 1 aliphatic heterocycles. The highest BCUT2D eigenvalue weighted by Crippen LogP contribution is 2.32. The number of benzene rings is 1. The van der Waals surface area contributed by atoms with Crippen LogP contribution in [0.3, 0.4) is 0 Å². The molecule has 142 valence electrons. The molecule has 0 aromatic heterocycles. The zero-order chi connectivity index (χ0) is 18.4. The van der Waals surface area contributed by atoms with Gasteiger partial charge in [0.25, 0.3) is 5.91 Å². The van der Waals surface area contributed by atoms with E-state index in [2.05, 4.69) is 17.4 Å². The average molecular weight is 358 g/mol.